The second-order valence-corrected chi connectivity index (χ2v) is 5.83. The number of ether oxygens (including phenoxy) is 1. The Bertz CT molecular complexity index is 659. The summed E-state index contributed by atoms with van der Waals surface area (Å²) in [6.07, 6.45) is 1.24. The van der Waals surface area contributed by atoms with Crippen molar-refractivity contribution in [2.75, 3.05) is 38.2 Å². The van der Waals surface area contributed by atoms with Crippen molar-refractivity contribution in [3.8, 4) is 0 Å². The smallest absolute Gasteiger partial charge is 0.298 e. The minimum atomic E-state index is -0.292. The lowest BCUT2D eigenvalue weighted by molar-refractivity contribution is -0.0259. The summed E-state index contributed by atoms with van der Waals surface area (Å²) in [6, 6.07) is 5.26. The minimum Gasteiger partial charge on any atom is -0.423 e. The second kappa shape index (κ2) is 4.96. The van der Waals surface area contributed by atoms with Gasteiger partial charge in [0.25, 0.3) is 6.01 Å². The fraction of sp³-hybridized carbons (Fsp3) is 0.533. The molecule has 3 heterocycles. The van der Waals surface area contributed by atoms with Crippen LogP contribution in [0.2, 0.25) is 0 Å². The quantitative estimate of drug-likeness (QED) is 0.802. The fourth-order valence-electron chi connectivity index (χ4n) is 3.28. The SMILES string of the molecule is CN1CC[C@H]2OCCN(c3nc4cc(F)ccc4o3)[C@H]2C1. The van der Waals surface area contributed by atoms with E-state index in [1.807, 2.05) is 0 Å². The maximum absolute atomic E-state index is 13.3. The molecule has 0 saturated carbocycles. The number of oxazole rings is 1. The fourth-order valence-corrected chi connectivity index (χ4v) is 3.28. The summed E-state index contributed by atoms with van der Waals surface area (Å²) >= 11 is 0. The van der Waals surface area contributed by atoms with Gasteiger partial charge in [-0.3, -0.25) is 0 Å². The maximum atomic E-state index is 13.3. The summed E-state index contributed by atoms with van der Waals surface area (Å²) < 4.78 is 25.0. The number of morpholine rings is 1. The van der Waals surface area contributed by atoms with Gasteiger partial charge in [0, 0.05) is 25.7 Å². The third-order valence-corrected chi connectivity index (χ3v) is 4.37. The third kappa shape index (κ3) is 2.28. The third-order valence-electron chi connectivity index (χ3n) is 4.37. The molecule has 4 rings (SSSR count). The highest BCUT2D eigenvalue weighted by molar-refractivity contribution is 5.74. The first-order chi connectivity index (χ1) is 10.2. The lowest BCUT2D eigenvalue weighted by Crippen LogP contribution is -2.59. The Hall–Kier alpha value is -1.66. The molecule has 0 spiro atoms. The van der Waals surface area contributed by atoms with Crippen LogP contribution in [-0.2, 0) is 4.74 Å². The van der Waals surface area contributed by atoms with Crippen LogP contribution in [-0.4, -0.2) is 55.3 Å². The molecule has 21 heavy (non-hydrogen) atoms. The van der Waals surface area contributed by atoms with Gasteiger partial charge in [-0.05, 0) is 25.6 Å². The number of rotatable bonds is 1. The molecule has 2 aromatic rings. The monoisotopic (exact) mass is 291 g/mol. The molecule has 0 aliphatic carbocycles. The summed E-state index contributed by atoms with van der Waals surface area (Å²) in [5, 5.41) is 0. The number of hydrogen-bond acceptors (Lipinski definition) is 5. The van der Waals surface area contributed by atoms with E-state index in [1.54, 1.807) is 6.07 Å². The number of halogens is 1. The molecule has 0 bridgehead atoms. The van der Waals surface area contributed by atoms with Crippen LogP contribution in [0.3, 0.4) is 0 Å². The van der Waals surface area contributed by atoms with Gasteiger partial charge in [-0.2, -0.15) is 4.98 Å². The number of likely N-dealkylation sites (tertiary alicyclic amines) is 1. The van der Waals surface area contributed by atoms with Crippen LogP contribution in [0.5, 0.6) is 0 Å². The molecule has 2 aliphatic rings. The topological polar surface area (TPSA) is 41.7 Å². The number of hydrogen-bond donors (Lipinski definition) is 0. The van der Waals surface area contributed by atoms with Crippen LogP contribution >= 0.6 is 0 Å². The van der Waals surface area contributed by atoms with E-state index in [2.05, 4.69) is 21.8 Å². The van der Waals surface area contributed by atoms with Crippen molar-refractivity contribution >= 4 is 17.1 Å². The van der Waals surface area contributed by atoms with Gasteiger partial charge in [-0.15, -0.1) is 0 Å². The minimum absolute atomic E-state index is 0.224. The van der Waals surface area contributed by atoms with Crippen LogP contribution in [0.15, 0.2) is 22.6 Å². The number of nitrogens with zero attached hydrogens (tertiary/aromatic N) is 3. The number of fused-ring (bicyclic) bond motifs is 2. The Balaban J connectivity index is 1.69. The Morgan fingerprint density at radius 2 is 2.24 bits per heavy atom. The molecule has 1 aromatic heterocycles. The van der Waals surface area contributed by atoms with Crippen LogP contribution in [0, 0.1) is 5.82 Å². The van der Waals surface area contributed by atoms with E-state index < -0.39 is 0 Å². The van der Waals surface area contributed by atoms with E-state index in [0.29, 0.717) is 23.7 Å². The van der Waals surface area contributed by atoms with Crippen LogP contribution < -0.4 is 4.90 Å². The highest BCUT2D eigenvalue weighted by Gasteiger charge is 2.38. The molecular formula is C15H18FN3O2. The molecule has 6 heteroatoms. The van der Waals surface area contributed by atoms with Gasteiger partial charge in [-0.1, -0.05) is 0 Å². The largest absolute Gasteiger partial charge is 0.423 e. The molecular weight excluding hydrogens is 273 g/mol. The van der Waals surface area contributed by atoms with Gasteiger partial charge < -0.3 is 19.0 Å². The predicted octanol–water partition coefficient (Wildman–Crippen LogP) is 1.88. The molecule has 2 atom stereocenters. The second-order valence-electron chi connectivity index (χ2n) is 5.83. The standard InChI is InChI=1S/C15H18FN3O2/c1-18-5-4-14-12(9-18)19(6-7-20-14)15-17-11-8-10(16)2-3-13(11)21-15/h2-3,8,12,14H,4-7,9H2,1H3/t12-,14+/m0/s1. The number of benzene rings is 1. The van der Waals surface area contributed by atoms with Gasteiger partial charge >= 0.3 is 0 Å². The number of likely N-dealkylation sites (N-methyl/N-ethyl adjacent to an activating group) is 1. The Morgan fingerprint density at radius 1 is 1.33 bits per heavy atom. The first-order valence-corrected chi connectivity index (χ1v) is 7.33. The Labute approximate surface area is 122 Å². The molecule has 2 fully saturated rings. The lowest BCUT2D eigenvalue weighted by Gasteiger charge is -2.45. The molecule has 112 valence electrons. The lowest BCUT2D eigenvalue weighted by atomic mass is 9.99. The van der Waals surface area contributed by atoms with E-state index >= 15 is 0 Å². The van der Waals surface area contributed by atoms with Crippen molar-refractivity contribution in [3.05, 3.63) is 24.0 Å². The first-order valence-electron chi connectivity index (χ1n) is 7.33. The Kier molecular flexibility index (Phi) is 3.08. The van der Waals surface area contributed by atoms with E-state index in [-0.39, 0.29) is 18.0 Å². The van der Waals surface area contributed by atoms with E-state index in [1.165, 1.54) is 12.1 Å². The van der Waals surface area contributed by atoms with E-state index in [4.69, 9.17) is 9.15 Å². The summed E-state index contributed by atoms with van der Waals surface area (Å²) in [4.78, 5) is 8.92. The molecule has 0 unspecified atom stereocenters. The zero-order valence-corrected chi connectivity index (χ0v) is 12.0. The highest BCUT2D eigenvalue weighted by Crippen LogP contribution is 2.29. The Morgan fingerprint density at radius 3 is 3.14 bits per heavy atom. The normalized spacial score (nSPS) is 27.0. The molecule has 5 nitrogen and oxygen atoms in total. The van der Waals surface area contributed by atoms with Crippen molar-refractivity contribution in [2.45, 2.75) is 18.6 Å². The van der Waals surface area contributed by atoms with Crippen LogP contribution in [0.25, 0.3) is 11.1 Å². The summed E-state index contributed by atoms with van der Waals surface area (Å²) in [7, 11) is 2.12. The van der Waals surface area contributed by atoms with Crippen molar-refractivity contribution in [1.29, 1.82) is 0 Å². The van der Waals surface area contributed by atoms with Gasteiger partial charge in [0.1, 0.15) is 11.3 Å². The first kappa shape index (κ1) is 13.0. The van der Waals surface area contributed by atoms with E-state index in [9.17, 15) is 4.39 Å². The van der Waals surface area contributed by atoms with Gasteiger partial charge in [-0.25, -0.2) is 4.39 Å². The van der Waals surface area contributed by atoms with Crippen molar-refractivity contribution < 1.29 is 13.5 Å². The number of anilines is 1. The van der Waals surface area contributed by atoms with Gasteiger partial charge in [0.15, 0.2) is 5.58 Å². The van der Waals surface area contributed by atoms with Gasteiger partial charge in [0.2, 0.25) is 0 Å². The average Bonchev–Trinajstić information content (AvgIpc) is 2.89. The summed E-state index contributed by atoms with van der Waals surface area (Å²) in [5.41, 5.74) is 1.19. The zero-order chi connectivity index (χ0) is 14.4. The van der Waals surface area contributed by atoms with Crippen LogP contribution in [0.1, 0.15) is 6.42 Å². The van der Waals surface area contributed by atoms with Gasteiger partial charge in [0.05, 0.1) is 18.8 Å². The van der Waals surface area contributed by atoms with Crippen LogP contribution in [0.4, 0.5) is 10.4 Å². The summed E-state index contributed by atoms with van der Waals surface area (Å²) in [5.74, 6) is -0.292. The van der Waals surface area contributed by atoms with E-state index in [0.717, 1.165) is 26.1 Å². The van der Waals surface area contributed by atoms with Crippen molar-refractivity contribution in [1.82, 2.24) is 9.88 Å². The average molecular weight is 291 g/mol. The molecule has 0 N–H and O–H groups in total. The molecule has 1 aromatic carbocycles. The predicted molar refractivity (Wildman–Crippen MR) is 77.0 cm³/mol. The number of piperidine rings is 1. The maximum Gasteiger partial charge on any atom is 0.298 e. The molecule has 0 radical (unpaired) electrons. The molecule has 2 aliphatic heterocycles. The number of aromatic nitrogens is 1. The van der Waals surface area contributed by atoms with Crippen molar-refractivity contribution in [2.24, 2.45) is 0 Å². The molecule has 2 saturated heterocycles. The zero-order valence-electron chi connectivity index (χ0n) is 12.0. The summed E-state index contributed by atoms with van der Waals surface area (Å²) in [6.45, 7) is 3.41. The van der Waals surface area contributed by atoms with Crippen molar-refractivity contribution in [3.63, 3.8) is 0 Å². The molecule has 0 amide bonds. The highest BCUT2D eigenvalue weighted by atomic mass is 19.1.